The molecule has 0 aliphatic carbocycles. The zero-order valence-electron chi connectivity index (χ0n) is 15.7. The van der Waals surface area contributed by atoms with Crippen molar-refractivity contribution >= 4 is 28.5 Å². The van der Waals surface area contributed by atoms with Gasteiger partial charge < -0.3 is 5.11 Å². The van der Waals surface area contributed by atoms with E-state index in [0.717, 1.165) is 17.5 Å². The van der Waals surface area contributed by atoms with Crippen LogP contribution in [0.1, 0.15) is 35.7 Å². The van der Waals surface area contributed by atoms with E-state index in [0.29, 0.717) is 30.6 Å². The van der Waals surface area contributed by atoms with Crippen LogP contribution in [0.5, 0.6) is 0 Å². The first-order chi connectivity index (χ1) is 14.3. The molecule has 2 atom stereocenters. The van der Waals surface area contributed by atoms with E-state index in [4.69, 9.17) is 11.6 Å². The molecular formula is C22H18ClF3N2O2. The molecule has 8 heteroatoms. The molecule has 0 saturated carbocycles. The molecule has 0 bridgehead atoms. The Morgan fingerprint density at radius 3 is 2.67 bits per heavy atom. The van der Waals surface area contributed by atoms with Crippen molar-refractivity contribution in [2.45, 2.75) is 31.1 Å². The van der Waals surface area contributed by atoms with Gasteiger partial charge >= 0.3 is 12.1 Å². The average molecular weight is 435 g/mol. The second-order valence-corrected chi connectivity index (χ2v) is 7.71. The van der Waals surface area contributed by atoms with Crippen molar-refractivity contribution < 1.29 is 23.1 Å². The number of likely N-dealkylation sites (tertiary alicyclic amines) is 1. The molecule has 0 spiro atoms. The van der Waals surface area contributed by atoms with Gasteiger partial charge in [-0.05, 0) is 48.7 Å². The third-order valence-electron chi connectivity index (χ3n) is 5.43. The Bertz CT molecular complexity index is 1100. The molecular weight excluding hydrogens is 417 g/mol. The van der Waals surface area contributed by atoms with E-state index in [9.17, 15) is 23.1 Å². The zero-order valence-corrected chi connectivity index (χ0v) is 16.5. The van der Waals surface area contributed by atoms with Crippen molar-refractivity contribution in [1.29, 1.82) is 0 Å². The third kappa shape index (κ3) is 3.87. The normalized spacial score (nSPS) is 18.6. The summed E-state index contributed by atoms with van der Waals surface area (Å²) in [5, 5.41) is 10.7. The monoisotopic (exact) mass is 434 g/mol. The van der Waals surface area contributed by atoms with Crippen molar-refractivity contribution in [3.63, 3.8) is 0 Å². The van der Waals surface area contributed by atoms with Crippen LogP contribution in [0.3, 0.4) is 0 Å². The second kappa shape index (κ2) is 7.89. The molecule has 30 heavy (non-hydrogen) atoms. The largest absolute Gasteiger partial charge is 0.480 e. The van der Waals surface area contributed by atoms with Crippen LogP contribution in [-0.2, 0) is 11.0 Å². The van der Waals surface area contributed by atoms with Gasteiger partial charge in [0, 0.05) is 17.0 Å². The van der Waals surface area contributed by atoms with E-state index in [1.165, 1.54) is 6.07 Å². The lowest BCUT2D eigenvalue weighted by atomic mass is 9.97. The maximum Gasteiger partial charge on any atom is 0.416 e. The van der Waals surface area contributed by atoms with Crippen LogP contribution in [0.15, 0.2) is 54.6 Å². The SMILES string of the molecule is O=C(O)C1CCCN1C(c1ccc2ccccc2n1)c1cc(C(F)(F)F)ccc1Cl. The highest BCUT2D eigenvalue weighted by Crippen LogP contribution is 2.40. The Morgan fingerprint density at radius 2 is 1.93 bits per heavy atom. The van der Waals surface area contributed by atoms with E-state index in [2.05, 4.69) is 4.98 Å². The maximum atomic E-state index is 13.4. The number of aromatic nitrogens is 1. The van der Waals surface area contributed by atoms with Gasteiger partial charge in [0.1, 0.15) is 6.04 Å². The molecule has 4 nitrogen and oxygen atoms in total. The number of carbonyl (C=O) groups is 1. The molecule has 1 N–H and O–H groups in total. The second-order valence-electron chi connectivity index (χ2n) is 7.30. The van der Waals surface area contributed by atoms with Gasteiger partial charge in [-0.1, -0.05) is 35.9 Å². The minimum Gasteiger partial charge on any atom is -0.480 e. The van der Waals surface area contributed by atoms with Crippen molar-refractivity contribution in [2.75, 3.05) is 6.54 Å². The van der Waals surface area contributed by atoms with Crippen LogP contribution >= 0.6 is 11.6 Å². The summed E-state index contributed by atoms with van der Waals surface area (Å²) >= 11 is 6.35. The highest BCUT2D eigenvalue weighted by Gasteiger charge is 2.39. The number of para-hydroxylation sites is 1. The predicted molar refractivity (Wildman–Crippen MR) is 107 cm³/mol. The number of alkyl halides is 3. The number of halogens is 4. The van der Waals surface area contributed by atoms with Gasteiger partial charge in [0.15, 0.2) is 0 Å². The first kappa shape index (κ1) is 20.6. The van der Waals surface area contributed by atoms with Gasteiger partial charge in [0.25, 0.3) is 0 Å². The summed E-state index contributed by atoms with van der Waals surface area (Å²) < 4.78 is 40.2. The Hall–Kier alpha value is -2.64. The molecule has 1 aliphatic rings. The van der Waals surface area contributed by atoms with E-state index in [-0.39, 0.29) is 10.6 Å². The number of pyridine rings is 1. The molecule has 156 valence electrons. The number of rotatable bonds is 4. The summed E-state index contributed by atoms with van der Waals surface area (Å²) in [5.41, 5.74) is 0.499. The van der Waals surface area contributed by atoms with Crippen molar-refractivity contribution in [2.24, 2.45) is 0 Å². The minimum atomic E-state index is -4.54. The van der Waals surface area contributed by atoms with Crippen LogP contribution in [0.2, 0.25) is 5.02 Å². The maximum absolute atomic E-state index is 13.4. The topological polar surface area (TPSA) is 53.4 Å². The summed E-state index contributed by atoms with van der Waals surface area (Å²) in [6.07, 6.45) is -3.51. The Kier molecular flexibility index (Phi) is 5.42. The van der Waals surface area contributed by atoms with Gasteiger partial charge in [-0.2, -0.15) is 13.2 Å². The summed E-state index contributed by atoms with van der Waals surface area (Å²) in [6.45, 7) is 0.419. The number of fused-ring (bicyclic) bond motifs is 1. The summed E-state index contributed by atoms with van der Waals surface area (Å²) in [5.74, 6) is -1.01. The highest BCUT2D eigenvalue weighted by atomic mass is 35.5. The highest BCUT2D eigenvalue weighted by molar-refractivity contribution is 6.31. The van der Waals surface area contributed by atoms with Crippen LogP contribution in [0.4, 0.5) is 13.2 Å². The number of benzene rings is 2. The molecule has 1 fully saturated rings. The Labute approximate surface area is 175 Å². The molecule has 2 aromatic carbocycles. The van der Waals surface area contributed by atoms with Gasteiger partial charge in [-0.15, -0.1) is 0 Å². The fourth-order valence-corrected chi connectivity index (χ4v) is 4.26. The molecule has 3 aromatic rings. The van der Waals surface area contributed by atoms with Crippen molar-refractivity contribution in [3.8, 4) is 0 Å². The molecule has 1 aromatic heterocycles. The number of hydrogen-bond donors (Lipinski definition) is 1. The van der Waals surface area contributed by atoms with Crippen LogP contribution in [-0.4, -0.2) is 33.5 Å². The molecule has 1 saturated heterocycles. The summed E-state index contributed by atoms with van der Waals surface area (Å²) in [4.78, 5) is 18.2. The van der Waals surface area contributed by atoms with Crippen LogP contribution in [0.25, 0.3) is 10.9 Å². The minimum absolute atomic E-state index is 0.138. The Morgan fingerprint density at radius 1 is 1.17 bits per heavy atom. The standard InChI is InChI=1S/C22H18ClF3N2O2/c23-16-9-8-14(22(24,25)26)12-15(16)20(28-11-3-6-19(28)21(29)30)18-10-7-13-4-1-2-5-17(13)27-18/h1-2,4-5,7-10,12,19-20H,3,6,11H2,(H,29,30). The van der Waals surface area contributed by atoms with Crippen LogP contribution in [0, 0.1) is 0 Å². The number of carboxylic acid groups (broad SMARTS) is 1. The smallest absolute Gasteiger partial charge is 0.416 e. The average Bonchev–Trinajstić information content (AvgIpc) is 3.18. The van der Waals surface area contributed by atoms with Gasteiger partial charge in [0.05, 0.1) is 22.8 Å². The number of aliphatic carboxylic acids is 1. The van der Waals surface area contributed by atoms with E-state index >= 15 is 0 Å². The summed E-state index contributed by atoms with van der Waals surface area (Å²) in [6, 6.07) is 12.4. The Balaban J connectivity index is 1.91. The lowest BCUT2D eigenvalue weighted by Gasteiger charge is -2.32. The summed E-state index contributed by atoms with van der Waals surface area (Å²) in [7, 11) is 0. The molecule has 2 heterocycles. The number of hydrogen-bond acceptors (Lipinski definition) is 3. The van der Waals surface area contributed by atoms with Crippen molar-refractivity contribution in [3.05, 3.63) is 76.4 Å². The van der Waals surface area contributed by atoms with E-state index in [1.54, 1.807) is 11.0 Å². The number of carboxylic acids is 1. The van der Waals surface area contributed by atoms with Crippen molar-refractivity contribution in [1.82, 2.24) is 9.88 Å². The fraction of sp³-hybridized carbons (Fsp3) is 0.273. The molecule has 4 rings (SSSR count). The molecule has 2 unspecified atom stereocenters. The predicted octanol–water partition coefficient (Wildman–Crippen LogP) is 5.55. The van der Waals surface area contributed by atoms with Gasteiger partial charge in [-0.25, -0.2) is 0 Å². The molecule has 0 radical (unpaired) electrons. The lowest BCUT2D eigenvalue weighted by molar-refractivity contribution is -0.143. The fourth-order valence-electron chi connectivity index (χ4n) is 4.03. The molecule has 1 aliphatic heterocycles. The van der Waals surface area contributed by atoms with E-state index in [1.807, 2.05) is 30.3 Å². The van der Waals surface area contributed by atoms with E-state index < -0.39 is 29.8 Å². The lowest BCUT2D eigenvalue weighted by Crippen LogP contribution is -2.39. The van der Waals surface area contributed by atoms with Gasteiger partial charge in [-0.3, -0.25) is 14.7 Å². The quantitative estimate of drug-likeness (QED) is 0.585. The number of nitrogens with zero attached hydrogens (tertiary/aromatic N) is 2. The first-order valence-electron chi connectivity index (χ1n) is 9.46. The first-order valence-corrected chi connectivity index (χ1v) is 9.84. The van der Waals surface area contributed by atoms with Gasteiger partial charge in [0.2, 0.25) is 0 Å². The molecule has 0 amide bonds. The third-order valence-corrected chi connectivity index (χ3v) is 5.77. The zero-order chi connectivity index (χ0) is 21.5. The van der Waals surface area contributed by atoms with Crippen LogP contribution < -0.4 is 0 Å².